The number of hydrogen-bond donors (Lipinski definition) is 0. The third-order valence-corrected chi connectivity index (χ3v) is 2.74. The second-order valence-electron chi connectivity index (χ2n) is 4.09. The van der Waals surface area contributed by atoms with E-state index in [1.807, 2.05) is 20.0 Å². The first kappa shape index (κ1) is 15.2. The van der Waals surface area contributed by atoms with Gasteiger partial charge in [0.05, 0.1) is 0 Å². The Bertz CT molecular complexity index is 268. The Kier molecular flexibility index (Phi) is 8.88. The smallest absolute Gasteiger partial charge is 0.0409 e. The van der Waals surface area contributed by atoms with Crippen LogP contribution in [0.2, 0.25) is 0 Å². The van der Waals surface area contributed by atoms with E-state index in [4.69, 9.17) is 0 Å². The van der Waals surface area contributed by atoms with Crippen LogP contribution in [0.15, 0.2) is 18.3 Å². The van der Waals surface area contributed by atoms with Gasteiger partial charge >= 0.3 is 0 Å². The van der Waals surface area contributed by atoms with Crippen molar-refractivity contribution >= 4 is 0 Å². The van der Waals surface area contributed by atoms with E-state index < -0.39 is 0 Å². The van der Waals surface area contributed by atoms with E-state index in [-0.39, 0.29) is 0 Å². The van der Waals surface area contributed by atoms with E-state index in [2.05, 4.69) is 37.9 Å². The van der Waals surface area contributed by atoms with Gasteiger partial charge in [-0.2, -0.15) is 0 Å². The van der Waals surface area contributed by atoms with Crippen molar-refractivity contribution in [1.29, 1.82) is 0 Å². The van der Waals surface area contributed by atoms with Crippen molar-refractivity contribution in [1.82, 2.24) is 4.98 Å². The van der Waals surface area contributed by atoms with Gasteiger partial charge in [0.1, 0.15) is 0 Å². The lowest BCUT2D eigenvalue weighted by atomic mass is 9.95. The van der Waals surface area contributed by atoms with Crippen LogP contribution in [0.4, 0.5) is 0 Å². The summed E-state index contributed by atoms with van der Waals surface area (Å²) < 4.78 is 0. The molecule has 1 rings (SSSR count). The molecule has 0 aliphatic carbocycles. The summed E-state index contributed by atoms with van der Waals surface area (Å²) in [5.41, 5.74) is 2.58. The molecular formula is C15H27N. The van der Waals surface area contributed by atoms with Crippen LogP contribution in [0.3, 0.4) is 0 Å². The van der Waals surface area contributed by atoms with E-state index in [0.717, 1.165) is 12.3 Å². The van der Waals surface area contributed by atoms with E-state index in [1.54, 1.807) is 0 Å². The zero-order valence-electron chi connectivity index (χ0n) is 11.6. The minimum absolute atomic E-state index is 0.814. The molecule has 0 aliphatic rings. The lowest BCUT2D eigenvalue weighted by molar-refractivity contribution is 0.457. The average Bonchev–Trinajstić information content (AvgIpc) is 2.31. The molecule has 1 nitrogen and oxygen atoms in total. The van der Waals surface area contributed by atoms with Crippen LogP contribution in [-0.4, -0.2) is 4.98 Å². The van der Waals surface area contributed by atoms with Crippen LogP contribution in [0.5, 0.6) is 0 Å². The van der Waals surface area contributed by atoms with Crippen molar-refractivity contribution in [2.24, 2.45) is 5.92 Å². The van der Waals surface area contributed by atoms with Gasteiger partial charge in [-0.25, -0.2) is 0 Å². The van der Waals surface area contributed by atoms with Crippen molar-refractivity contribution in [2.45, 2.75) is 60.3 Å². The molecule has 0 radical (unpaired) electrons. The molecule has 0 N–H and O–H groups in total. The lowest BCUT2D eigenvalue weighted by Crippen LogP contribution is -2.04. The molecule has 1 aromatic heterocycles. The van der Waals surface area contributed by atoms with Crippen LogP contribution in [0, 0.1) is 12.8 Å². The van der Waals surface area contributed by atoms with Crippen molar-refractivity contribution in [3.05, 3.63) is 29.6 Å². The molecule has 1 aromatic rings. The van der Waals surface area contributed by atoms with Crippen LogP contribution >= 0.6 is 0 Å². The number of rotatable bonds is 5. The van der Waals surface area contributed by atoms with Gasteiger partial charge < -0.3 is 0 Å². The van der Waals surface area contributed by atoms with Gasteiger partial charge in [0.15, 0.2) is 0 Å². The Morgan fingerprint density at radius 3 is 2.44 bits per heavy atom. The molecule has 1 atom stereocenters. The molecule has 16 heavy (non-hydrogen) atoms. The summed E-state index contributed by atoms with van der Waals surface area (Å²) in [5, 5.41) is 0. The van der Waals surface area contributed by atoms with Gasteiger partial charge in [-0.1, -0.05) is 47.0 Å². The maximum absolute atomic E-state index is 4.41. The number of pyridine rings is 1. The minimum Gasteiger partial charge on any atom is -0.261 e. The Balaban J connectivity index is 0.00000106. The third kappa shape index (κ3) is 5.89. The molecule has 1 unspecified atom stereocenters. The normalized spacial score (nSPS) is 11.6. The highest BCUT2D eigenvalue weighted by Crippen LogP contribution is 2.16. The summed E-state index contributed by atoms with van der Waals surface area (Å²) >= 11 is 0. The van der Waals surface area contributed by atoms with Crippen molar-refractivity contribution in [3.63, 3.8) is 0 Å². The van der Waals surface area contributed by atoms with Crippen molar-refractivity contribution in [3.8, 4) is 0 Å². The molecule has 0 aromatic carbocycles. The van der Waals surface area contributed by atoms with Crippen LogP contribution in [-0.2, 0) is 6.42 Å². The molecule has 1 heteroatoms. The summed E-state index contributed by atoms with van der Waals surface area (Å²) in [6, 6.07) is 4.27. The molecule has 1 heterocycles. The quantitative estimate of drug-likeness (QED) is 0.697. The zero-order chi connectivity index (χ0) is 12.4. The van der Waals surface area contributed by atoms with Crippen molar-refractivity contribution < 1.29 is 0 Å². The molecule has 92 valence electrons. The Hall–Kier alpha value is -0.850. The first-order valence-corrected chi connectivity index (χ1v) is 6.67. The number of aromatic nitrogens is 1. The van der Waals surface area contributed by atoms with E-state index in [1.165, 1.54) is 30.5 Å². The monoisotopic (exact) mass is 221 g/mol. The minimum atomic E-state index is 0.814. The van der Waals surface area contributed by atoms with Gasteiger partial charge in [0.2, 0.25) is 0 Å². The summed E-state index contributed by atoms with van der Waals surface area (Å²) in [6.45, 7) is 10.7. The Labute approximate surface area is 101 Å². The Morgan fingerprint density at radius 1 is 1.25 bits per heavy atom. The molecule has 0 aliphatic heterocycles. The van der Waals surface area contributed by atoms with Crippen LogP contribution in [0.25, 0.3) is 0 Å². The van der Waals surface area contributed by atoms with Gasteiger partial charge in [0.25, 0.3) is 0 Å². The largest absolute Gasteiger partial charge is 0.261 e. The molecule has 0 amide bonds. The van der Waals surface area contributed by atoms with Gasteiger partial charge in [-0.15, -0.1) is 0 Å². The first-order chi connectivity index (χ1) is 7.76. The number of nitrogens with zero attached hydrogens (tertiary/aromatic N) is 1. The summed E-state index contributed by atoms with van der Waals surface area (Å²) in [5.74, 6) is 0.814. The van der Waals surface area contributed by atoms with E-state index >= 15 is 0 Å². The third-order valence-electron chi connectivity index (χ3n) is 2.74. The fraction of sp³-hybridized carbons (Fsp3) is 0.667. The highest BCUT2D eigenvalue weighted by molar-refractivity contribution is 5.14. The fourth-order valence-corrected chi connectivity index (χ4v) is 1.86. The van der Waals surface area contributed by atoms with E-state index in [9.17, 15) is 0 Å². The molecular weight excluding hydrogens is 194 g/mol. The fourth-order valence-electron chi connectivity index (χ4n) is 1.86. The highest BCUT2D eigenvalue weighted by atomic mass is 14.7. The SMILES string of the molecule is CC.CCCC(CC)Cc1cc(C)ccn1. The molecule has 0 spiro atoms. The summed E-state index contributed by atoms with van der Waals surface area (Å²) in [7, 11) is 0. The van der Waals surface area contributed by atoms with Crippen LogP contribution < -0.4 is 0 Å². The molecule has 0 saturated heterocycles. The molecule has 0 saturated carbocycles. The summed E-state index contributed by atoms with van der Waals surface area (Å²) in [4.78, 5) is 4.41. The maximum Gasteiger partial charge on any atom is 0.0409 e. The van der Waals surface area contributed by atoms with Gasteiger partial charge in [0, 0.05) is 11.9 Å². The maximum atomic E-state index is 4.41. The molecule has 0 bridgehead atoms. The zero-order valence-corrected chi connectivity index (χ0v) is 11.6. The van der Waals surface area contributed by atoms with E-state index in [0.29, 0.717) is 0 Å². The Morgan fingerprint density at radius 2 is 1.94 bits per heavy atom. The lowest BCUT2D eigenvalue weighted by Gasteiger charge is -2.12. The van der Waals surface area contributed by atoms with Gasteiger partial charge in [-0.3, -0.25) is 4.98 Å². The average molecular weight is 221 g/mol. The second-order valence-corrected chi connectivity index (χ2v) is 4.09. The van der Waals surface area contributed by atoms with Gasteiger partial charge in [-0.05, 0) is 37.0 Å². The highest BCUT2D eigenvalue weighted by Gasteiger charge is 2.06. The second kappa shape index (κ2) is 9.38. The van der Waals surface area contributed by atoms with Crippen LogP contribution in [0.1, 0.15) is 58.2 Å². The predicted molar refractivity (Wildman–Crippen MR) is 72.7 cm³/mol. The first-order valence-electron chi connectivity index (χ1n) is 6.67. The summed E-state index contributed by atoms with van der Waals surface area (Å²) in [6.07, 6.45) is 6.94. The molecule has 0 fully saturated rings. The van der Waals surface area contributed by atoms with Crippen molar-refractivity contribution in [2.75, 3.05) is 0 Å². The topological polar surface area (TPSA) is 12.9 Å². The number of aryl methyl sites for hydroxylation is 1. The number of hydrogen-bond acceptors (Lipinski definition) is 1. The predicted octanol–water partition coefficient (Wildman–Crippen LogP) is 4.79. The standard InChI is InChI=1S/C13H21N.C2H6/c1-4-6-12(5-2)10-13-9-11(3)7-8-14-13;1-2/h7-9,12H,4-6,10H2,1-3H3;1-2H3.